The fraction of sp³-hybridized carbons (Fsp3) is 0.364. The Hall–Kier alpha value is -2.47. The Morgan fingerprint density at radius 3 is 2.46 bits per heavy atom. The first-order valence-corrected chi connectivity index (χ1v) is 10.3. The second-order valence-corrected chi connectivity index (χ2v) is 8.09. The highest BCUT2D eigenvalue weighted by Crippen LogP contribution is 2.33. The molecule has 3 aromatic rings. The summed E-state index contributed by atoms with van der Waals surface area (Å²) >= 11 is 1.57. The summed E-state index contributed by atoms with van der Waals surface area (Å²) < 4.78 is 12.6. The van der Waals surface area contributed by atoms with Crippen LogP contribution in [0.2, 0.25) is 0 Å². The van der Waals surface area contributed by atoms with Gasteiger partial charge in [-0.2, -0.15) is 0 Å². The monoisotopic (exact) mass is 398 g/mol. The third-order valence-electron chi connectivity index (χ3n) is 4.57. The van der Waals surface area contributed by atoms with Crippen molar-refractivity contribution in [3.63, 3.8) is 0 Å². The zero-order valence-corrected chi connectivity index (χ0v) is 17.8. The third kappa shape index (κ3) is 4.17. The van der Waals surface area contributed by atoms with Crippen LogP contribution in [0.25, 0.3) is 10.9 Å². The maximum atomic E-state index is 13.0. The van der Waals surface area contributed by atoms with Crippen LogP contribution in [0, 0.1) is 12.8 Å². The van der Waals surface area contributed by atoms with Crippen LogP contribution in [0.4, 0.5) is 0 Å². The van der Waals surface area contributed by atoms with Gasteiger partial charge in [-0.1, -0.05) is 37.7 Å². The van der Waals surface area contributed by atoms with Crippen molar-refractivity contribution in [1.82, 2.24) is 9.55 Å². The fourth-order valence-corrected chi connectivity index (χ4v) is 4.18. The van der Waals surface area contributed by atoms with Gasteiger partial charge >= 0.3 is 0 Å². The Morgan fingerprint density at radius 1 is 1.11 bits per heavy atom. The molecule has 148 valence electrons. The second kappa shape index (κ2) is 8.69. The first kappa shape index (κ1) is 20.3. The average Bonchev–Trinajstić information content (AvgIpc) is 2.69. The van der Waals surface area contributed by atoms with Crippen molar-refractivity contribution in [1.29, 1.82) is 0 Å². The summed E-state index contributed by atoms with van der Waals surface area (Å²) in [5, 5.41) is 1.40. The molecule has 0 aliphatic heterocycles. The number of hydrogen-bond acceptors (Lipinski definition) is 5. The van der Waals surface area contributed by atoms with E-state index in [-0.39, 0.29) is 5.56 Å². The van der Waals surface area contributed by atoms with Crippen molar-refractivity contribution in [2.24, 2.45) is 5.92 Å². The van der Waals surface area contributed by atoms with Crippen molar-refractivity contribution in [3.05, 3.63) is 57.9 Å². The molecule has 0 spiro atoms. The summed E-state index contributed by atoms with van der Waals surface area (Å²) in [5.41, 5.74) is 3.00. The molecule has 0 saturated heterocycles. The lowest BCUT2D eigenvalue weighted by molar-refractivity contribution is 0.354. The minimum absolute atomic E-state index is 0.0193. The van der Waals surface area contributed by atoms with Crippen molar-refractivity contribution >= 4 is 22.7 Å². The van der Waals surface area contributed by atoms with Crippen molar-refractivity contribution in [3.8, 4) is 11.5 Å². The summed E-state index contributed by atoms with van der Waals surface area (Å²) in [4.78, 5) is 17.8. The molecule has 2 aromatic carbocycles. The fourth-order valence-electron chi connectivity index (χ4n) is 3.10. The number of ether oxygens (including phenoxy) is 2. The maximum Gasteiger partial charge on any atom is 0.262 e. The van der Waals surface area contributed by atoms with Gasteiger partial charge in [-0.25, -0.2) is 4.98 Å². The summed E-state index contributed by atoms with van der Waals surface area (Å²) in [6.07, 6.45) is 0. The number of thioether (sulfide) groups is 1. The van der Waals surface area contributed by atoms with Gasteiger partial charge in [-0.05, 0) is 48.2 Å². The molecular formula is C22H26N2O3S. The van der Waals surface area contributed by atoms with Gasteiger partial charge in [0, 0.05) is 12.3 Å². The number of hydrogen-bond donors (Lipinski definition) is 0. The lowest BCUT2D eigenvalue weighted by Crippen LogP contribution is -2.25. The zero-order valence-electron chi connectivity index (χ0n) is 17.0. The van der Waals surface area contributed by atoms with E-state index < -0.39 is 0 Å². The lowest BCUT2D eigenvalue weighted by Gasteiger charge is -2.16. The van der Waals surface area contributed by atoms with Crippen LogP contribution in [0.15, 0.2) is 46.3 Å². The smallest absolute Gasteiger partial charge is 0.262 e. The Morgan fingerprint density at radius 2 is 1.79 bits per heavy atom. The molecule has 0 bridgehead atoms. The molecule has 0 aliphatic carbocycles. The number of aromatic nitrogens is 2. The number of benzene rings is 2. The third-order valence-corrected chi connectivity index (χ3v) is 5.60. The van der Waals surface area contributed by atoms with E-state index in [0.29, 0.717) is 35.1 Å². The molecule has 6 heteroatoms. The van der Waals surface area contributed by atoms with Gasteiger partial charge in [-0.15, -0.1) is 0 Å². The maximum absolute atomic E-state index is 13.0. The van der Waals surface area contributed by atoms with E-state index >= 15 is 0 Å². The SMILES string of the molecule is COc1cc(C)c(CSc2nc3ccccc3c(=O)n2CC(C)C)cc1OC. The lowest BCUT2D eigenvalue weighted by atomic mass is 10.1. The zero-order chi connectivity index (χ0) is 20.3. The number of rotatable bonds is 7. The normalized spacial score (nSPS) is 11.2. The van der Waals surface area contributed by atoms with Gasteiger partial charge in [0.25, 0.3) is 5.56 Å². The minimum atomic E-state index is 0.0193. The number of nitrogens with zero attached hydrogens (tertiary/aromatic N) is 2. The summed E-state index contributed by atoms with van der Waals surface area (Å²) in [5.74, 6) is 2.46. The molecule has 5 nitrogen and oxygen atoms in total. The van der Waals surface area contributed by atoms with Crippen LogP contribution in [0.3, 0.4) is 0 Å². The summed E-state index contributed by atoms with van der Waals surface area (Å²) in [6.45, 7) is 6.90. The Kier molecular flexibility index (Phi) is 6.29. The standard InChI is InChI=1S/C22H26N2O3S/c1-14(2)12-24-21(25)17-8-6-7-9-18(17)23-22(24)28-13-16-11-20(27-5)19(26-4)10-15(16)3/h6-11,14H,12-13H2,1-5H3. The highest BCUT2D eigenvalue weighted by atomic mass is 32.2. The molecule has 0 unspecified atom stereocenters. The van der Waals surface area contributed by atoms with Gasteiger partial charge in [0.05, 0.1) is 25.1 Å². The predicted octanol–water partition coefficient (Wildman–Crippen LogP) is 4.67. The van der Waals surface area contributed by atoms with E-state index in [9.17, 15) is 4.79 Å². The van der Waals surface area contributed by atoms with E-state index in [4.69, 9.17) is 14.5 Å². The highest BCUT2D eigenvalue weighted by Gasteiger charge is 2.14. The first-order valence-electron chi connectivity index (χ1n) is 9.28. The molecule has 1 heterocycles. The summed E-state index contributed by atoms with van der Waals surface area (Å²) in [6, 6.07) is 11.5. The average molecular weight is 399 g/mol. The molecule has 0 aliphatic rings. The number of para-hydroxylation sites is 1. The van der Waals surface area contributed by atoms with Gasteiger partial charge < -0.3 is 9.47 Å². The Bertz CT molecular complexity index is 1040. The number of aryl methyl sites for hydroxylation is 1. The van der Waals surface area contributed by atoms with Crippen molar-refractivity contribution in [2.45, 2.75) is 38.2 Å². The van der Waals surface area contributed by atoms with Crippen LogP contribution in [0.5, 0.6) is 11.5 Å². The van der Waals surface area contributed by atoms with Gasteiger partial charge in [0.1, 0.15) is 0 Å². The van der Waals surface area contributed by atoms with Crippen LogP contribution < -0.4 is 15.0 Å². The van der Waals surface area contributed by atoms with Gasteiger partial charge in [0.15, 0.2) is 16.7 Å². The van der Waals surface area contributed by atoms with Crippen LogP contribution in [-0.2, 0) is 12.3 Å². The molecule has 0 fully saturated rings. The molecule has 3 rings (SSSR count). The highest BCUT2D eigenvalue weighted by molar-refractivity contribution is 7.98. The van der Waals surface area contributed by atoms with E-state index in [2.05, 4.69) is 13.8 Å². The molecule has 0 amide bonds. The van der Waals surface area contributed by atoms with Crippen molar-refractivity contribution < 1.29 is 9.47 Å². The first-order chi connectivity index (χ1) is 13.4. The minimum Gasteiger partial charge on any atom is -0.493 e. The summed E-state index contributed by atoms with van der Waals surface area (Å²) in [7, 11) is 3.27. The molecule has 0 saturated carbocycles. The van der Waals surface area contributed by atoms with E-state index in [1.165, 1.54) is 0 Å². The molecule has 0 atom stereocenters. The number of methoxy groups -OCH3 is 2. The largest absolute Gasteiger partial charge is 0.493 e. The molecule has 0 N–H and O–H groups in total. The second-order valence-electron chi connectivity index (χ2n) is 7.14. The van der Waals surface area contributed by atoms with E-state index in [0.717, 1.165) is 21.8 Å². The molecule has 28 heavy (non-hydrogen) atoms. The van der Waals surface area contributed by atoms with E-state index in [1.807, 2.05) is 43.3 Å². The van der Waals surface area contributed by atoms with Gasteiger partial charge in [-0.3, -0.25) is 9.36 Å². The van der Waals surface area contributed by atoms with Crippen LogP contribution in [0.1, 0.15) is 25.0 Å². The Labute approximate surface area is 169 Å². The van der Waals surface area contributed by atoms with Crippen LogP contribution >= 0.6 is 11.8 Å². The predicted molar refractivity (Wildman–Crippen MR) is 115 cm³/mol. The molecule has 1 aromatic heterocycles. The molecular weight excluding hydrogens is 372 g/mol. The van der Waals surface area contributed by atoms with E-state index in [1.54, 1.807) is 30.5 Å². The van der Waals surface area contributed by atoms with Gasteiger partial charge in [0.2, 0.25) is 0 Å². The number of fused-ring (bicyclic) bond motifs is 1. The Balaban J connectivity index is 1.99. The van der Waals surface area contributed by atoms with Crippen molar-refractivity contribution in [2.75, 3.05) is 14.2 Å². The molecule has 0 radical (unpaired) electrons. The van der Waals surface area contributed by atoms with Crippen LogP contribution in [-0.4, -0.2) is 23.8 Å². The quantitative estimate of drug-likeness (QED) is 0.428. The topological polar surface area (TPSA) is 53.3 Å².